The number of nitrogens with zero attached hydrogens (tertiary/aromatic N) is 2. The van der Waals surface area contributed by atoms with Crippen LogP contribution in [0.2, 0.25) is 0 Å². The van der Waals surface area contributed by atoms with Crippen LogP contribution in [0.25, 0.3) is 11.1 Å². The highest BCUT2D eigenvalue weighted by Crippen LogP contribution is 2.56. The second-order valence-corrected chi connectivity index (χ2v) is 9.34. The zero-order chi connectivity index (χ0) is 24.4. The molecule has 3 aromatic rings. The van der Waals surface area contributed by atoms with Gasteiger partial charge in [-0.15, -0.1) is 0 Å². The summed E-state index contributed by atoms with van der Waals surface area (Å²) in [6, 6.07) is 22.6. The van der Waals surface area contributed by atoms with Gasteiger partial charge in [0.25, 0.3) is 0 Å². The Bertz CT molecular complexity index is 1340. The quantitative estimate of drug-likeness (QED) is 0.546. The standard InChI is InChI=1S/C28H22N2O5/c1-15-3-11-19(12-4-15)35-20-13-7-17(8-14-20)16-5-9-18(10-6-16)30-27(33)23-21-22(24(23)28(30)34)26(32)29(2)25(21)31/h3-14,21-24H,1-2H3. The molecular weight excluding hydrogens is 444 g/mol. The summed E-state index contributed by atoms with van der Waals surface area (Å²) in [6.45, 7) is 2.02. The Labute approximate surface area is 201 Å². The fraction of sp³-hybridized carbons (Fsp3) is 0.214. The number of hydrogen-bond acceptors (Lipinski definition) is 5. The number of likely N-dealkylation sites (tertiary alicyclic amines) is 1. The van der Waals surface area contributed by atoms with Crippen LogP contribution in [-0.4, -0.2) is 35.6 Å². The van der Waals surface area contributed by atoms with Gasteiger partial charge in [-0.2, -0.15) is 0 Å². The average molecular weight is 466 g/mol. The monoisotopic (exact) mass is 466 g/mol. The van der Waals surface area contributed by atoms with Gasteiger partial charge in [-0.25, -0.2) is 0 Å². The first-order valence-corrected chi connectivity index (χ1v) is 11.5. The van der Waals surface area contributed by atoms with Crippen molar-refractivity contribution < 1.29 is 23.9 Å². The molecule has 0 aromatic heterocycles. The fourth-order valence-electron chi connectivity index (χ4n) is 5.45. The molecule has 3 aromatic carbocycles. The molecule has 2 saturated heterocycles. The molecule has 2 heterocycles. The summed E-state index contributed by atoms with van der Waals surface area (Å²) in [4.78, 5) is 53.0. The number of ether oxygens (including phenoxy) is 1. The van der Waals surface area contributed by atoms with Gasteiger partial charge in [0.2, 0.25) is 23.6 Å². The van der Waals surface area contributed by atoms with Crippen LogP contribution in [0.1, 0.15) is 5.56 Å². The summed E-state index contributed by atoms with van der Waals surface area (Å²) in [7, 11) is 1.41. The molecule has 174 valence electrons. The van der Waals surface area contributed by atoms with E-state index in [2.05, 4.69) is 0 Å². The molecule has 0 N–H and O–H groups in total. The minimum Gasteiger partial charge on any atom is -0.457 e. The van der Waals surface area contributed by atoms with E-state index < -0.39 is 35.5 Å². The minimum atomic E-state index is -0.741. The van der Waals surface area contributed by atoms with Gasteiger partial charge in [0.1, 0.15) is 11.5 Å². The van der Waals surface area contributed by atoms with Crippen LogP contribution in [-0.2, 0) is 19.2 Å². The van der Waals surface area contributed by atoms with Crippen LogP contribution in [0.5, 0.6) is 11.5 Å². The Morgan fingerprint density at radius 1 is 0.571 bits per heavy atom. The van der Waals surface area contributed by atoms with Crippen molar-refractivity contribution in [2.75, 3.05) is 11.9 Å². The van der Waals surface area contributed by atoms with Gasteiger partial charge in [0, 0.05) is 7.05 Å². The van der Waals surface area contributed by atoms with Gasteiger partial charge in [0.15, 0.2) is 0 Å². The Morgan fingerprint density at radius 3 is 1.46 bits per heavy atom. The van der Waals surface area contributed by atoms with Crippen molar-refractivity contribution in [1.29, 1.82) is 0 Å². The molecule has 0 bridgehead atoms. The maximum Gasteiger partial charge on any atom is 0.238 e. The summed E-state index contributed by atoms with van der Waals surface area (Å²) in [5.41, 5.74) is 3.49. The van der Waals surface area contributed by atoms with E-state index in [1.54, 1.807) is 12.1 Å². The number of rotatable bonds is 4. The van der Waals surface area contributed by atoms with Crippen LogP contribution >= 0.6 is 0 Å². The van der Waals surface area contributed by atoms with Crippen molar-refractivity contribution in [3.63, 3.8) is 0 Å². The number of fused-ring (bicyclic) bond motifs is 4. The van der Waals surface area contributed by atoms with Crippen molar-refractivity contribution >= 4 is 29.3 Å². The third kappa shape index (κ3) is 3.11. The lowest BCUT2D eigenvalue weighted by atomic mass is 9.59. The number of amides is 4. The molecule has 1 aliphatic carbocycles. The maximum atomic E-state index is 13.0. The number of carbonyl (C=O) groups is 4. The average Bonchev–Trinajstić information content (AvgIpc) is 3.16. The van der Waals surface area contributed by atoms with E-state index in [1.807, 2.05) is 67.6 Å². The number of hydrogen-bond donors (Lipinski definition) is 0. The van der Waals surface area contributed by atoms with E-state index in [9.17, 15) is 19.2 Å². The number of benzene rings is 3. The molecule has 0 spiro atoms. The topological polar surface area (TPSA) is 84.0 Å². The van der Waals surface area contributed by atoms with E-state index in [1.165, 1.54) is 12.6 Å². The van der Waals surface area contributed by atoms with Crippen molar-refractivity contribution in [2.24, 2.45) is 23.7 Å². The van der Waals surface area contributed by atoms with E-state index in [0.717, 1.165) is 32.4 Å². The molecule has 35 heavy (non-hydrogen) atoms. The van der Waals surface area contributed by atoms with E-state index in [4.69, 9.17) is 4.74 Å². The third-order valence-corrected chi connectivity index (χ3v) is 7.36. The summed E-state index contributed by atoms with van der Waals surface area (Å²) < 4.78 is 5.88. The number of imide groups is 2. The minimum absolute atomic E-state index is 0.366. The molecule has 3 aliphatic rings. The molecule has 4 atom stereocenters. The maximum absolute atomic E-state index is 13.0. The van der Waals surface area contributed by atoms with E-state index in [-0.39, 0.29) is 11.8 Å². The Kier molecular flexibility index (Phi) is 4.64. The molecular formula is C28H22N2O5. The molecule has 6 rings (SSSR count). The van der Waals surface area contributed by atoms with E-state index in [0.29, 0.717) is 5.69 Å². The first kappa shape index (κ1) is 21.3. The lowest BCUT2D eigenvalue weighted by molar-refractivity contribution is -0.146. The summed E-state index contributed by atoms with van der Waals surface area (Å²) in [5, 5.41) is 0. The van der Waals surface area contributed by atoms with Crippen LogP contribution in [0.3, 0.4) is 0 Å². The molecule has 7 heteroatoms. The Balaban J connectivity index is 1.19. The van der Waals surface area contributed by atoms with Crippen LogP contribution in [0.15, 0.2) is 72.8 Å². The van der Waals surface area contributed by atoms with Crippen molar-refractivity contribution in [3.05, 3.63) is 78.4 Å². The van der Waals surface area contributed by atoms with Gasteiger partial charge in [-0.1, -0.05) is 42.0 Å². The lowest BCUT2D eigenvalue weighted by Crippen LogP contribution is -2.50. The smallest absolute Gasteiger partial charge is 0.238 e. The highest BCUT2D eigenvalue weighted by Gasteiger charge is 2.73. The van der Waals surface area contributed by atoms with Crippen LogP contribution in [0, 0.1) is 30.6 Å². The lowest BCUT2D eigenvalue weighted by Gasteiger charge is -2.36. The normalized spacial score (nSPS) is 25.0. The van der Waals surface area contributed by atoms with Crippen LogP contribution < -0.4 is 9.64 Å². The highest BCUT2D eigenvalue weighted by molar-refractivity contribution is 6.27. The molecule has 4 unspecified atom stereocenters. The summed E-state index contributed by atoms with van der Waals surface area (Å²) in [6.07, 6.45) is 0. The number of carbonyl (C=O) groups excluding carboxylic acids is 4. The molecule has 3 fully saturated rings. The van der Waals surface area contributed by atoms with Crippen molar-refractivity contribution in [1.82, 2.24) is 4.90 Å². The zero-order valence-corrected chi connectivity index (χ0v) is 19.2. The largest absolute Gasteiger partial charge is 0.457 e. The summed E-state index contributed by atoms with van der Waals surface area (Å²) in [5.74, 6) is -2.95. The second-order valence-electron chi connectivity index (χ2n) is 9.34. The molecule has 4 amide bonds. The van der Waals surface area contributed by atoms with E-state index >= 15 is 0 Å². The molecule has 0 radical (unpaired) electrons. The Hall–Kier alpha value is -4.26. The van der Waals surface area contributed by atoms with Crippen molar-refractivity contribution in [2.45, 2.75) is 6.92 Å². The summed E-state index contributed by atoms with van der Waals surface area (Å²) >= 11 is 0. The van der Waals surface area contributed by atoms with Crippen molar-refractivity contribution in [3.8, 4) is 22.6 Å². The molecule has 2 aliphatic heterocycles. The van der Waals surface area contributed by atoms with Gasteiger partial charge < -0.3 is 4.74 Å². The predicted octanol–water partition coefficient (Wildman–Crippen LogP) is 3.80. The van der Waals surface area contributed by atoms with Gasteiger partial charge >= 0.3 is 0 Å². The number of anilines is 1. The SMILES string of the molecule is Cc1ccc(Oc2ccc(-c3ccc(N4C(=O)C5C6C(=O)N(C)C(=O)C6C5C4=O)cc3)cc2)cc1. The molecule has 7 nitrogen and oxygen atoms in total. The van der Waals surface area contributed by atoms with Gasteiger partial charge in [-0.05, 0) is 54.4 Å². The van der Waals surface area contributed by atoms with Gasteiger partial charge in [0.05, 0.1) is 29.4 Å². The van der Waals surface area contributed by atoms with Gasteiger partial charge in [-0.3, -0.25) is 29.0 Å². The van der Waals surface area contributed by atoms with Crippen LogP contribution in [0.4, 0.5) is 5.69 Å². The first-order chi connectivity index (χ1) is 16.8. The first-order valence-electron chi connectivity index (χ1n) is 11.5. The molecule has 1 saturated carbocycles. The fourth-order valence-corrected chi connectivity index (χ4v) is 5.45. The second kappa shape index (κ2) is 7.63. The zero-order valence-electron chi connectivity index (χ0n) is 19.2. The third-order valence-electron chi connectivity index (χ3n) is 7.36. The highest BCUT2D eigenvalue weighted by atomic mass is 16.5. The Morgan fingerprint density at radius 2 is 0.971 bits per heavy atom. The predicted molar refractivity (Wildman–Crippen MR) is 127 cm³/mol. The number of aryl methyl sites for hydroxylation is 1.